The number of amides is 2. The Morgan fingerprint density at radius 1 is 1.13 bits per heavy atom. The molecule has 0 atom stereocenters. The summed E-state index contributed by atoms with van der Waals surface area (Å²) in [5, 5.41) is 2.85. The molecule has 2 amide bonds. The van der Waals surface area contributed by atoms with Gasteiger partial charge in [-0.2, -0.15) is 13.2 Å². The predicted octanol–water partition coefficient (Wildman–Crippen LogP) is 4.08. The molecule has 1 saturated carbocycles. The normalized spacial score (nSPS) is 20.4. The lowest BCUT2D eigenvalue weighted by Gasteiger charge is -2.30. The van der Waals surface area contributed by atoms with Crippen LogP contribution in [0.4, 0.5) is 23.7 Å². The van der Waals surface area contributed by atoms with Gasteiger partial charge in [0, 0.05) is 43.6 Å². The van der Waals surface area contributed by atoms with Crippen molar-refractivity contribution in [2.45, 2.75) is 50.5 Å². The molecule has 10 heteroatoms. The number of fused-ring (bicyclic) bond motifs is 1. The molecule has 0 radical (unpaired) electrons. The summed E-state index contributed by atoms with van der Waals surface area (Å²) in [4.78, 5) is 25.5. The number of hydrogen-bond donors (Lipinski definition) is 1. The zero-order chi connectivity index (χ0) is 21.4. The highest BCUT2D eigenvalue weighted by molar-refractivity contribution is 5.93. The van der Waals surface area contributed by atoms with Crippen LogP contribution in [0.25, 0.3) is 0 Å². The molecular formula is C20H23F3N2O5. The molecule has 30 heavy (non-hydrogen) atoms. The van der Waals surface area contributed by atoms with E-state index in [-0.39, 0.29) is 24.9 Å². The van der Waals surface area contributed by atoms with Gasteiger partial charge in [-0.05, 0) is 37.8 Å². The average molecular weight is 428 g/mol. The summed E-state index contributed by atoms with van der Waals surface area (Å²) in [6.07, 6.45) is -1.08. The second-order valence-electron chi connectivity index (χ2n) is 7.90. The van der Waals surface area contributed by atoms with E-state index in [1.54, 1.807) is 18.2 Å². The number of nitrogens with zero attached hydrogens (tertiary/aromatic N) is 1. The second kappa shape index (κ2) is 7.88. The van der Waals surface area contributed by atoms with Crippen LogP contribution in [-0.4, -0.2) is 48.6 Å². The number of halogens is 3. The molecule has 1 N–H and O–H groups in total. The van der Waals surface area contributed by atoms with Crippen molar-refractivity contribution in [1.29, 1.82) is 0 Å². The maximum atomic E-state index is 12.6. The molecule has 2 fully saturated rings. The van der Waals surface area contributed by atoms with Crippen LogP contribution >= 0.6 is 0 Å². The van der Waals surface area contributed by atoms with E-state index in [9.17, 15) is 22.8 Å². The van der Waals surface area contributed by atoms with Crippen molar-refractivity contribution in [2.75, 3.05) is 25.0 Å². The van der Waals surface area contributed by atoms with Crippen LogP contribution in [-0.2, 0) is 9.53 Å². The summed E-state index contributed by atoms with van der Waals surface area (Å²) < 4.78 is 52.7. The first-order chi connectivity index (χ1) is 14.2. The van der Waals surface area contributed by atoms with E-state index in [0.29, 0.717) is 30.0 Å². The SMILES string of the molecule is O=C(Nc1ccc2c(c1)OC1(CCCC1)O2)C1CCN(C(=O)OCC(F)(F)F)CC1. The number of likely N-dealkylation sites (tertiary alicyclic amines) is 1. The van der Waals surface area contributed by atoms with Gasteiger partial charge in [-0.1, -0.05) is 0 Å². The minimum atomic E-state index is -4.56. The van der Waals surface area contributed by atoms with Crippen molar-refractivity contribution in [2.24, 2.45) is 5.92 Å². The van der Waals surface area contributed by atoms with Crippen molar-refractivity contribution in [1.82, 2.24) is 4.90 Å². The van der Waals surface area contributed by atoms with Crippen LogP contribution in [0.15, 0.2) is 18.2 Å². The molecule has 3 aliphatic rings. The van der Waals surface area contributed by atoms with Crippen molar-refractivity contribution >= 4 is 17.7 Å². The molecule has 1 aliphatic carbocycles. The highest BCUT2D eigenvalue weighted by atomic mass is 19.4. The fraction of sp³-hybridized carbons (Fsp3) is 0.600. The molecule has 164 valence electrons. The number of anilines is 1. The number of alkyl halides is 3. The topological polar surface area (TPSA) is 77.1 Å². The van der Waals surface area contributed by atoms with Crippen molar-refractivity contribution < 1.29 is 37.0 Å². The Morgan fingerprint density at radius 3 is 2.47 bits per heavy atom. The minimum Gasteiger partial charge on any atom is -0.448 e. The number of benzene rings is 1. The van der Waals surface area contributed by atoms with E-state index in [4.69, 9.17) is 9.47 Å². The van der Waals surface area contributed by atoms with Gasteiger partial charge in [0.1, 0.15) is 0 Å². The fourth-order valence-electron chi connectivity index (χ4n) is 4.09. The number of nitrogens with one attached hydrogen (secondary N) is 1. The van der Waals surface area contributed by atoms with Crippen LogP contribution in [0.5, 0.6) is 11.5 Å². The molecule has 1 spiro atoms. The van der Waals surface area contributed by atoms with E-state index in [1.165, 1.54) is 4.90 Å². The molecule has 1 aromatic carbocycles. The lowest BCUT2D eigenvalue weighted by Crippen LogP contribution is -2.42. The summed E-state index contributed by atoms with van der Waals surface area (Å²) in [6.45, 7) is -1.28. The summed E-state index contributed by atoms with van der Waals surface area (Å²) in [6, 6.07) is 5.26. The molecule has 1 aromatic rings. The zero-order valence-corrected chi connectivity index (χ0v) is 16.3. The Hall–Kier alpha value is -2.65. The standard InChI is InChI=1S/C20H23F3N2O5/c21-20(22,23)12-28-18(27)25-9-5-13(6-10-25)17(26)24-14-3-4-15-16(11-14)30-19(29-15)7-1-2-8-19/h3-4,11,13H,1-2,5-10,12H2,(H,24,26). The summed E-state index contributed by atoms with van der Waals surface area (Å²) in [5.74, 6) is 0.159. The highest BCUT2D eigenvalue weighted by Crippen LogP contribution is 2.47. The third-order valence-electron chi connectivity index (χ3n) is 5.65. The number of piperidine rings is 1. The van der Waals surface area contributed by atoms with Crippen LogP contribution in [0.1, 0.15) is 38.5 Å². The first-order valence-electron chi connectivity index (χ1n) is 10.0. The Balaban J connectivity index is 1.27. The van der Waals surface area contributed by atoms with Gasteiger partial charge in [0.15, 0.2) is 18.1 Å². The minimum absolute atomic E-state index is 0.165. The molecular weight excluding hydrogens is 405 g/mol. The first-order valence-corrected chi connectivity index (χ1v) is 10.0. The van der Waals surface area contributed by atoms with Crippen LogP contribution in [0.3, 0.4) is 0 Å². The Morgan fingerprint density at radius 2 is 1.80 bits per heavy atom. The van der Waals surface area contributed by atoms with E-state index in [2.05, 4.69) is 10.1 Å². The van der Waals surface area contributed by atoms with Gasteiger partial charge in [-0.25, -0.2) is 4.79 Å². The molecule has 0 bridgehead atoms. The van der Waals surface area contributed by atoms with E-state index >= 15 is 0 Å². The molecule has 0 unspecified atom stereocenters. The number of rotatable bonds is 3. The smallest absolute Gasteiger partial charge is 0.422 e. The van der Waals surface area contributed by atoms with Crippen molar-refractivity contribution in [3.63, 3.8) is 0 Å². The van der Waals surface area contributed by atoms with E-state index < -0.39 is 24.7 Å². The summed E-state index contributed by atoms with van der Waals surface area (Å²) in [5.41, 5.74) is 0.587. The Labute approximate surface area is 171 Å². The number of hydrogen-bond acceptors (Lipinski definition) is 5. The summed E-state index contributed by atoms with van der Waals surface area (Å²) >= 11 is 0. The van der Waals surface area contributed by atoms with Crippen LogP contribution in [0, 0.1) is 5.92 Å². The molecule has 7 nitrogen and oxygen atoms in total. The van der Waals surface area contributed by atoms with Gasteiger partial charge in [-0.3, -0.25) is 4.79 Å². The van der Waals surface area contributed by atoms with Gasteiger partial charge >= 0.3 is 12.3 Å². The van der Waals surface area contributed by atoms with Crippen LogP contribution in [0.2, 0.25) is 0 Å². The quantitative estimate of drug-likeness (QED) is 0.785. The zero-order valence-electron chi connectivity index (χ0n) is 16.3. The molecule has 2 heterocycles. The van der Waals surface area contributed by atoms with Gasteiger partial charge in [0.2, 0.25) is 5.91 Å². The van der Waals surface area contributed by atoms with Gasteiger partial charge in [-0.15, -0.1) is 0 Å². The second-order valence-corrected chi connectivity index (χ2v) is 7.90. The lowest BCUT2D eigenvalue weighted by molar-refractivity contribution is -0.162. The average Bonchev–Trinajstić information content (AvgIpc) is 3.31. The van der Waals surface area contributed by atoms with Crippen LogP contribution < -0.4 is 14.8 Å². The summed E-state index contributed by atoms with van der Waals surface area (Å²) in [7, 11) is 0. The molecule has 4 rings (SSSR count). The molecule has 1 saturated heterocycles. The number of ether oxygens (including phenoxy) is 3. The number of carbonyl (C=O) groups is 2. The monoisotopic (exact) mass is 428 g/mol. The van der Waals surface area contributed by atoms with Gasteiger partial charge in [0.25, 0.3) is 5.79 Å². The maximum Gasteiger partial charge on any atom is 0.422 e. The molecule has 0 aromatic heterocycles. The van der Waals surface area contributed by atoms with E-state index in [1.807, 2.05) is 0 Å². The van der Waals surface area contributed by atoms with Gasteiger partial charge in [0.05, 0.1) is 0 Å². The predicted molar refractivity (Wildman–Crippen MR) is 99.2 cm³/mol. The lowest BCUT2D eigenvalue weighted by atomic mass is 9.96. The third kappa shape index (κ3) is 4.57. The Bertz CT molecular complexity index is 815. The maximum absolute atomic E-state index is 12.6. The number of carbonyl (C=O) groups excluding carboxylic acids is 2. The molecule has 2 aliphatic heterocycles. The van der Waals surface area contributed by atoms with Gasteiger partial charge < -0.3 is 24.4 Å². The fourth-order valence-corrected chi connectivity index (χ4v) is 4.09. The van der Waals surface area contributed by atoms with Crippen molar-refractivity contribution in [3.8, 4) is 11.5 Å². The van der Waals surface area contributed by atoms with Crippen molar-refractivity contribution in [3.05, 3.63) is 18.2 Å². The highest BCUT2D eigenvalue weighted by Gasteiger charge is 2.44. The Kier molecular flexibility index (Phi) is 5.42. The largest absolute Gasteiger partial charge is 0.448 e. The first kappa shape index (κ1) is 20.6. The van der Waals surface area contributed by atoms with E-state index in [0.717, 1.165) is 25.7 Å². The third-order valence-corrected chi connectivity index (χ3v) is 5.65.